The van der Waals surface area contributed by atoms with Gasteiger partial charge in [0, 0.05) is 30.2 Å². The number of ether oxygens (including phenoxy) is 3. The summed E-state index contributed by atoms with van der Waals surface area (Å²) < 4.78 is 18.0. The van der Waals surface area contributed by atoms with Gasteiger partial charge in [-0.1, -0.05) is 18.2 Å². The molecule has 0 spiro atoms. The van der Waals surface area contributed by atoms with Crippen LogP contribution in [-0.2, 0) is 6.54 Å². The number of carbonyl (C=O) groups is 1. The fourth-order valence-electron chi connectivity index (χ4n) is 2.93. The van der Waals surface area contributed by atoms with Gasteiger partial charge in [-0.25, -0.2) is 4.98 Å². The summed E-state index contributed by atoms with van der Waals surface area (Å²) in [6, 6.07) is 10.9. The first-order chi connectivity index (χ1) is 13.6. The maximum atomic E-state index is 13.0. The van der Waals surface area contributed by atoms with Crippen LogP contribution >= 0.6 is 0 Å². The Balaban J connectivity index is 1.91. The average Bonchev–Trinajstić information content (AvgIpc) is 3.12. The van der Waals surface area contributed by atoms with Crippen LogP contribution in [-0.4, -0.2) is 36.8 Å². The van der Waals surface area contributed by atoms with E-state index in [9.17, 15) is 4.79 Å². The summed E-state index contributed by atoms with van der Waals surface area (Å²) in [4.78, 5) is 17.2. The molecule has 0 fully saturated rings. The molecule has 1 heterocycles. The van der Waals surface area contributed by atoms with E-state index < -0.39 is 0 Å². The number of nitrogens with zero attached hydrogens (tertiary/aromatic N) is 2. The fraction of sp³-hybridized carbons (Fsp3) is 0.238. The van der Waals surface area contributed by atoms with Gasteiger partial charge >= 0.3 is 0 Å². The number of rotatable bonds is 7. The molecule has 0 aliphatic rings. The Morgan fingerprint density at radius 1 is 1.04 bits per heavy atom. The predicted molar refractivity (Wildman–Crippen MR) is 107 cm³/mol. The lowest BCUT2D eigenvalue weighted by Gasteiger charge is -2.16. The van der Waals surface area contributed by atoms with Crippen molar-refractivity contribution < 1.29 is 19.0 Å². The molecular weight excluding hydrogens is 358 g/mol. The largest absolute Gasteiger partial charge is 0.496 e. The highest BCUT2D eigenvalue weighted by Crippen LogP contribution is 2.35. The number of para-hydroxylation sites is 1. The second-order valence-electron chi connectivity index (χ2n) is 6.12. The number of carbonyl (C=O) groups excluding carboxylic acids is 1. The molecule has 0 aliphatic heterocycles. The third-order valence-electron chi connectivity index (χ3n) is 4.48. The smallest absolute Gasteiger partial charge is 0.259 e. The molecule has 2 aromatic carbocycles. The Kier molecular flexibility index (Phi) is 5.84. The molecule has 1 N–H and O–H groups in total. The van der Waals surface area contributed by atoms with Crippen molar-refractivity contribution in [3.05, 3.63) is 65.7 Å². The highest BCUT2D eigenvalue weighted by atomic mass is 16.5. The van der Waals surface area contributed by atoms with Crippen molar-refractivity contribution in [2.45, 2.75) is 13.5 Å². The highest BCUT2D eigenvalue weighted by Gasteiger charge is 2.19. The van der Waals surface area contributed by atoms with Crippen molar-refractivity contribution in [1.82, 2.24) is 9.55 Å². The van der Waals surface area contributed by atoms with Crippen LogP contribution in [0.25, 0.3) is 0 Å². The van der Waals surface area contributed by atoms with Crippen molar-refractivity contribution in [3.8, 4) is 17.2 Å². The number of hydrogen-bond acceptors (Lipinski definition) is 5. The fourth-order valence-corrected chi connectivity index (χ4v) is 2.93. The van der Waals surface area contributed by atoms with Crippen LogP contribution in [0.2, 0.25) is 0 Å². The van der Waals surface area contributed by atoms with E-state index in [-0.39, 0.29) is 5.91 Å². The monoisotopic (exact) mass is 381 g/mol. The molecule has 146 valence electrons. The van der Waals surface area contributed by atoms with Crippen molar-refractivity contribution in [2.24, 2.45) is 0 Å². The van der Waals surface area contributed by atoms with E-state index in [1.807, 2.05) is 42.0 Å². The summed E-state index contributed by atoms with van der Waals surface area (Å²) in [5.41, 5.74) is 2.04. The molecule has 0 saturated heterocycles. The maximum Gasteiger partial charge on any atom is 0.259 e. The minimum Gasteiger partial charge on any atom is -0.496 e. The molecule has 0 bridgehead atoms. The van der Waals surface area contributed by atoms with E-state index in [0.29, 0.717) is 29.4 Å². The highest BCUT2D eigenvalue weighted by molar-refractivity contribution is 6.07. The van der Waals surface area contributed by atoms with Crippen LogP contribution in [0.15, 0.2) is 48.8 Å². The first kappa shape index (κ1) is 19.3. The van der Waals surface area contributed by atoms with Gasteiger partial charge in [-0.3, -0.25) is 4.79 Å². The van der Waals surface area contributed by atoms with Gasteiger partial charge in [-0.15, -0.1) is 0 Å². The average molecular weight is 381 g/mol. The number of anilines is 1. The third kappa shape index (κ3) is 3.93. The molecule has 0 unspecified atom stereocenters. The molecule has 0 atom stereocenters. The lowest BCUT2D eigenvalue weighted by atomic mass is 10.1. The predicted octanol–water partition coefficient (Wildman–Crippen LogP) is 3.52. The number of hydrogen-bond donors (Lipinski definition) is 1. The summed E-state index contributed by atoms with van der Waals surface area (Å²) in [6.45, 7) is 2.54. The topological polar surface area (TPSA) is 74.6 Å². The molecule has 3 aromatic rings. The van der Waals surface area contributed by atoms with Crippen LogP contribution in [0.4, 0.5) is 5.69 Å². The van der Waals surface area contributed by atoms with Gasteiger partial charge in [-0.05, 0) is 18.6 Å². The second kappa shape index (κ2) is 8.47. The Morgan fingerprint density at radius 2 is 1.71 bits per heavy atom. The van der Waals surface area contributed by atoms with Gasteiger partial charge in [0.1, 0.15) is 11.6 Å². The molecular formula is C21H23N3O4. The normalized spacial score (nSPS) is 10.4. The molecule has 7 nitrogen and oxygen atoms in total. The zero-order chi connectivity index (χ0) is 20.1. The van der Waals surface area contributed by atoms with Crippen LogP contribution in [0.3, 0.4) is 0 Å². The first-order valence-corrected chi connectivity index (χ1v) is 8.74. The molecule has 0 radical (unpaired) electrons. The lowest BCUT2D eigenvalue weighted by molar-refractivity contribution is 0.102. The SMILES string of the molecule is COc1cc(OC)c(C(=O)Nc2ccccc2Cn2ccnc2C)cc1OC. The van der Waals surface area contributed by atoms with Gasteiger partial charge in [0.25, 0.3) is 5.91 Å². The number of amides is 1. The van der Waals surface area contributed by atoms with Crippen molar-refractivity contribution >= 4 is 11.6 Å². The summed E-state index contributed by atoms with van der Waals surface area (Å²) >= 11 is 0. The summed E-state index contributed by atoms with van der Waals surface area (Å²) in [5, 5.41) is 2.97. The molecule has 0 saturated carbocycles. The van der Waals surface area contributed by atoms with Crippen molar-refractivity contribution in [3.63, 3.8) is 0 Å². The van der Waals surface area contributed by atoms with Gasteiger partial charge in [0.05, 0.1) is 33.4 Å². The van der Waals surface area contributed by atoms with E-state index in [0.717, 1.165) is 17.1 Å². The van der Waals surface area contributed by atoms with E-state index in [1.54, 1.807) is 18.3 Å². The maximum absolute atomic E-state index is 13.0. The molecule has 1 amide bonds. The van der Waals surface area contributed by atoms with Crippen LogP contribution in [0.1, 0.15) is 21.7 Å². The van der Waals surface area contributed by atoms with Crippen molar-refractivity contribution in [1.29, 1.82) is 0 Å². The Bertz CT molecular complexity index is 982. The standard InChI is InChI=1S/C21H23N3O4/c1-14-22-9-10-24(14)13-15-7-5-6-8-17(15)23-21(25)16-11-19(27-3)20(28-4)12-18(16)26-2/h5-12H,13H2,1-4H3,(H,23,25). The number of aryl methyl sites for hydroxylation is 1. The Hall–Kier alpha value is -3.48. The number of methoxy groups -OCH3 is 3. The van der Waals surface area contributed by atoms with E-state index >= 15 is 0 Å². The van der Waals surface area contributed by atoms with Crippen LogP contribution < -0.4 is 19.5 Å². The molecule has 0 aliphatic carbocycles. The third-order valence-corrected chi connectivity index (χ3v) is 4.48. The van der Waals surface area contributed by atoms with Crippen molar-refractivity contribution in [2.75, 3.05) is 26.6 Å². The number of aromatic nitrogens is 2. The molecule has 3 rings (SSSR count). The van der Waals surface area contributed by atoms with Crippen LogP contribution in [0, 0.1) is 6.92 Å². The number of benzene rings is 2. The Labute approximate surface area is 163 Å². The minimum atomic E-state index is -0.299. The van der Waals surface area contributed by atoms with Gasteiger partial charge in [-0.2, -0.15) is 0 Å². The summed E-state index contributed by atoms with van der Waals surface area (Å²) in [5.74, 6) is 1.95. The lowest BCUT2D eigenvalue weighted by Crippen LogP contribution is -2.15. The van der Waals surface area contributed by atoms with E-state index in [4.69, 9.17) is 14.2 Å². The van der Waals surface area contributed by atoms with Crippen LogP contribution in [0.5, 0.6) is 17.2 Å². The van der Waals surface area contributed by atoms with Gasteiger partial charge < -0.3 is 24.1 Å². The van der Waals surface area contributed by atoms with Gasteiger partial charge in [0.2, 0.25) is 0 Å². The van der Waals surface area contributed by atoms with Gasteiger partial charge in [0.15, 0.2) is 11.5 Å². The minimum absolute atomic E-state index is 0.299. The quantitative estimate of drug-likeness (QED) is 0.678. The van der Waals surface area contributed by atoms with E-state index in [1.165, 1.54) is 21.3 Å². The first-order valence-electron chi connectivity index (χ1n) is 8.74. The molecule has 7 heteroatoms. The van der Waals surface area contributed by atoms with E-state index in [2.05, 4.69) is 10.3 Å². The summed E-state index contributed by atoms with van der Waals surface area (Å²) in [6.07, 6.45) is 3.66. The zero-order valence-corrected chi connectivity index (χ0v) is 16.4. The molecule has 28 heavy (non-hydrogen) atoms. The number of nitrogens with one attached hydrogen (secondary N) is 1. The second-order valence-corrected chi connectivity index (χ2v) is 6.12. The summed E-state index contributed by atoms with van der Waals surface area (Å²) in [7, 11) is 4.56. The Morgan fingerprint density at radius 3 is 2.36 bits per heavy atom. The zero-order valence-electron chi connectivity index (χ0n) is 16.4. The number of imidazole rings is 1. The molecule has 1 aromatic heterocycles.